The Bertz CT molecular complexity index is 555. The number of rotatable bonds is 3. The van der Waals surface area contributed by atoms with E-state index in [0.717, 1.165) is 5.56 Å². The highest BCUT2D eigenvalue weighted by atomic mass is 35.5. The summed E-state index contributed by atoms with van der Waals surface area (Å²) in [6.07, 6.45) is 2.67. The average Bonchev–Trinajstić information content (AvgIpc) is 2.38. The van der Waals surface area contributed by atoms with Gasteiger partial charge in [0.15, 0.2) is 0 Å². The van der Waals surface area contributed by atoms with Gasteiger partial charge in [0.2, 0.25) is 0 Å². The first-order chi connectivity index (χ1) is 8.65. The molecule has 0 saturated carbocycles. The van der Waals surface area contributed by atoms with Gasteiger partial charge in [-0.3, -0.25) is 9.78 Å². The molecule has 2 N–H and O–H groups in total. The van der Waals surface area contributed by atoms with Gasteiger partial charge in [-0.2, -0.15) is 0 Å². The lowest BCUT2D eigenvalue weighted by molar-refractivity contribution is 0.0950. The third kappa shape index (κ3) is 3.21. The van der Waals surface area contributed by atoms with Gasteiger partial charge in [0.25, 0.3) is 5.91 Å². The lowest BCUT2D eigenvalue weighted by Gasteiger charge is -2.05. The third-order valence-electron chi connectivity index (χ3n) is 2.35. The lowest BCUT2D eigenvalue weighted by Crippen LogP contribution is -2.22. The van der Waals surface area contributed by atoms with Crippen LogP contribution in [0.25, 0.3) is 0 Å². The van der Waals surface area contributed by atoms with Gasteiger partial charge in [0.05, 0.1) is 11.8 Å². The second-order valence-corrected chi connectivity index (χ2v) is 4.18. The monoisotopic (exact) mass is 262 g/mol. The van der Waals surface area contributed by atoms with Crippen LogP contribution in [0.2, 0.25) is 5.02 Å². The van der Waals surface area contributed by atoms with Gasteiger partial charge in [0.1, 0.15) is 5.75 Å². The number of aromatic nitrogens is 1. The van der Waals surface area contributed by atoms with Crippen molar-refractivity contribution in [2.24, 2.45) is 0 Å². The highest BCUT2D eigenvalue weighted by Gasteiger charge is 2.06. The van der Waals surface area contributed by atoms with E-state index >= 15 is 0 Å². The predicted molar refractivity (Wildman–Crippen MR) is 68.5 cm³/mol. The fourth-order valence-electron chi connectivity index (χ4n) is 1.44. The van der Waals surface area contributed by atoms with Crippen molar-refractivity contribution in [3.05, 3.63) is 58.9 Å². The second kappa shape index (κ2) is 5.51. The number of halogens is 1. The minimum atomic E-state index is -0.284. The van der Waals surface area contributed by atoms with Crippen LogP contribution in [0.1, 0.15) is 15.9 Å². The van der Waals surface area contributed by atoms with Crippen LogP contribution in [0.3, 0.4) is 0 Å². The van der Waals surface area contributed by atoms with Gasteiger partial charge >= 0.3 is 0 Å². The van der Waals surface area contributed by atoms with Crippen LogP contribution in [0.4, 0.5) is 0 Å². The smallest absolute Gasteiger partial charge is 0.253 e. The fourth-order valence-corrected chi connectivity index (χ4v) is 1.56. The van der Waals surface area contributed by atoms with E-state index in [0.29, 0.717) is 17.1 Å². The van der Waals surface area contributed by atoms with Crippen molar-refractivity contribution in [2.75, 3.05) is 0 Å². The number of nitrogens with one attached hydrogen (secondary N) is 1. The Kier molecular flexibility index (Phi) is 3.79. The van der Waals surface area contributed by atoms with Crippen molar-refractivity contribution in [1.29, 1.82) is 0 Å². The molecular weight excluding hydrogens is 252 g/mol. The highest BCUT2D eigenvalue weighted by Crippen LogP contribution is 2.10. The molecule has 0 fully saturated rings. The number of aromatic hydroxyl groups is 1. The van der Waals surface area contributed by atoms with Crippen LogP contribution in [0.5, 0.6) is 5.75 Å². The standard InChI is InChI=1S/C13H11ClN2O2/c14-11-3-1-9(2-4-11)6-16-13(18)10-5-12(17)8-15-7-10/h1-5,7-8,17H,6H2,(H,16,18). The molecule has 0 atom stereocenters. The Morgan fingerprint density at radius 3 is 2.67 bits per heavy atom. The van der Waals surface area contributed by atoms with E-state index in [4.69, 9.17) is 11.6 Å². The first-order valence-corrected chi connectivity index (χ1v) is 5.69. The number of carbonyl (C=O) groups excluding carboxylic acids is 1. The number of amides is 1. The molecule has 18 heavy (non-hydrogen) atoms. The minimum absolute atomic E-state index is 0.0332. The van der Waals surface area contributed by atoms with Crippen molar-refractivity contribution in [1.82, 2.24) is 10.3 Å². The van der Waals surface area contributed by atoms with Crippen molar-refractivity contribution >= 4 is 17.5 Å². The normalized spacial score (nSPS) is 10.1. The molecule has 1 aromatic heterocycles. The molecule has 1 aromatic carbocycles. The van der Waals surface area contributed by atoms with E-state index in [9.17, 15) is 9.90 Å². The Morgan fingerprint density at radius 2 is 2.00 bits per heavy atom. The Hall–Kier alpha value is -2.07. The molecule has 0 aliphatic carbocycles. The molecule has 0 spiro atoms. The summed E-state index contributed by atoms with van der Waals surface area (Å²) >= 11 is 5.76. The molecule has 2 aromatic rings. The van der Waals surface area contributed by atoms with E-state index in [2.05, 4.69) is 10.3 Å². The van der Waals surface area contributed by atoms with Crippen LogP contribution < -0.4 is 5.32 Å². The summed E-state index contributed by atoms with van der Waals surface area (Å²) < 4.78 is 0. The van der Waals surface area contributed by atoms with Crippen LogP contribution in [0.15, 0.2) is 42.7 Å². The number of benzene rings is 1. The molecule has 0 aliphatic heterocycles. The number of hydrogen-bond acceptors (Lipinski definition) is 3. The molecule has 1 heterocycles. The molecule has 0 saturated heterocycles. The van der Waals surface area contributed by atoms with Crippen LogP contribution in [-0.4, -0.2) is 16.0 Å². The van der Waals surface area contributed by atoms with Crippen molar-refractivity contribution in [3.8, 4) is 5.75 Å². The molecule has 1 amide bonds. The van der Waals surface area contributed by atoms with Crippen LogP contribution in [0, 0.1) is 0 Å². The number of pyridine rings is 1. The molecule has 0 radical (unpaired) electrons. The molecule has 4 nitrogen and oxygen atoms in total. The van der Waals surface area contributed by atoms with Gasteiger partial charge < -0.3 is 10.4 Å². The summed E-state index contributed by atoms with van der Waals surface area (Å²) in [6, 6.07) is 8.56. The van der Waals surface area contributed by atoms with Crippen molar-refractivity contribution in [3.63, 3.8) is 0 Å². The van der Waals surface area contributed by atoms with E-state index in [1.165, 1.54) is 18.5 Å². The number of hydrogen-bond donors (Lipinski definition) is 2. The number of carbonyl (C=O) groups is 1. The summed E-state index contributed by atoms with van der Waals surface area (Å²) in [7, 11) is 0. The van der Waals surface area contributed by atoms with Crippen molar-refractivity contribution in [2.45, 2.75) is 6.54 Å². The SMILES string of the molecule is O=C(NCc1ccc(Cl)cc1)c1cncc(O)c1. The molecule has 0 unspecified atom stereocenters. The van der Waals surface area contributed by atoms with E-state index < -0.39 is 0 Å². The molecule has 5 heteroatoms. The summed E-state index contributed by atoms with van der Waals surface area (Å²) in [5, 5.41) is 12.6. The molecule has 0 bridgehead atoms. The third-order valence-corrected chi connectivity index (χ3v) is 2.60. The minimum Gasteiger partial charge on any atom is -0.506 e. The first-order valence-electron chi connectivity index (χ1n) is 5.32. The zero-order chi connectivity index (χ0) is 13.0. The Morgan fingerprint density at radius 1 is 1.28 bits per heavy atom. The van der Waals surface area contributed by atoms with Gasteiger partial charge in [-0.15, -0.1) is 0 Å². The van der Waals surface area contributed by atoms with Crippen molar-refractivity contribution < 1.29 is 9.90 Å². The average molecular weight is 263 g/mol. The van der Waals surface area contributed by atoms with Gasteiger partial charge in [-0.05, 0) is 23.8 Å². The maximum atomic E-state index is 11.7. The van der Waals surface area contributed by atoms with Crippen LogP contribution in [-0.2, 0) is 6.54 Å². The van der Waals surface area contributed by atoms with Crippen LogP contribution >= 0.6 is 11.6 Å². The molecule has 0 aliphatic rings. The molecular formula is C13H11ClN2O2. The zero-order valence-electron chi connectivity index (χ0n) is 9.43. The summed E-state index contributed by atoms with van der Waals surface area (Å²) in [4.78, 5) is 15.5. The topological polar surface area (TPSA) is 62.2 Å². The molecule has 2 rings (SSSR count). The largest absolute Gasteiger partial charge is 0.506 e. The Labute approximate surface area is 109 Å². The fraction of sp³-hybridized carbons (Fsp3) is 0.0769. The van der Waals surface area contributed by atoms with Gasteiger partial charge in [0, 0.05) is 17.8 Å². The zero-order valence-corrected chi connectivity index (χ0v) is 10.2. The van der Waals surface area contributed by atoms with E-state index in [-0.39, 0.29) is 11.7 Å². The van der Waals surface area contributed by atoms with E-state index in [1.807, 2.05) is 12.1 Å². The van der Waals surface area contributed by atoms with Gasteiger partial charge in [-0.25, -0.2) is 0 Å². The summed E-state index contributed by atoms with van der Waals surface area (Å²) in [5.74, 6) is -0.317. The molecule has 92 valence electrons. The quantitative estimate of drug-likeness (QED) is 0.893. The van der Waals surface area contributed by atoms with E-state index in [1.54, 1.807) is 12.1 Å². The summed E-state index contributed by atoms with van der Waals surface area (Å²) in [6.45, 7) is 0.395. The maximum absolute atomic E-state index is 11.7. The second-order valence-electron chi connectivity index (χ2n) is 3.74. The first kappa shape index (κ1) is 12.4. The maximum Gasteiger partial charge on any atom is 0.253 e. The lowest BCUT2D eigenvalue weighted by atomic mass is 10.2. The summed E-state index contributed by atoms with van der Waals surface area (Å²) in [5.41, 5.74) is 1.27. The van der Waals surface area contributed by atoms with Gasteiger partial charge in [-0.1, -0.05) is 23.7 Å². The highest BCUT2D eigenvalue weighted by molar-refractivity contribution is 6.30. The number of nitrogens with zero attached hydrogens (tertiary/aromatic N) is 1. The Balaban J connectivity index is 1.98. The predicted octanol–water partition coefficient (Wildman–Crippen LogP) is 2.37.